The highest BCUT2D eigenvalue weighted by Gasteiger charge is 2.16. The van der Waals surface area contributed by atoms with E-state index in [9.17, 15) is 9.00 Å². The molecule has 0 spiro atoms. The van der Waals surface area contributed by atoms with Crippen LogP contribution in [0.3, 0.4) is 0 Å². The predicted molar refractivity (Wildman–Crippen MR) is 55.1 cm³/mol. The fraction of sp³-hybridized carbons (Fsp3) is 0.250. The summed E-state index contributed by atoms with van der Waals surface area (Å²) < 4.78 is 16.1. The Balaban J connectivity index is 3.26. The molecule has 0 bridgehead atoms. The zero-order chi connectivity index (χ0) is 10.1. The molecule has 0 aliphatic rings. The zero-order valence-electron chi connectivity index (χ0n) is 7.40. The van der Waals surface area contributed by atoms with Crippen molar-refractivity contribution in [3.05, 3.63) is 16.3 Å². The van der Waals surface area contributed by atoms with E-state index in [4.69, 9.17) is 0 Å². The van der Waals surface area contributed by atoms with Gasteiger partial charge in [-0.15, -0.1) is 11.3 Å². The van der Waals surface area contributed by atoms with E-state index in [-0.39, 0.29) is 0 Å². The van der Waals surface area contributed by atoms with Gasteiger partial charge in [0, 0.05) is 6.26 Å². The minimum atomic E-state index is -2.34. The number of carbonyl (C=O) groups excluding carboxylic acids is 1. The molecular weight excluding hydrogens is 208 g/mol. The predicted octanol–water partition coefficient (Wildman–Crippen LogP) is 1.24. The number of hydrogen-bond donors (Lipinski definition) is 0. The van der Waals surface area contributed by atoms with E-state index in [0.29, 0.717) is 9.77 Å². The molecule has 3 nitrogen and oxygen atoms in total. The first kappa shape index (κ1) is 10.3. The van der Waals surface area contributed by atoms with Gasteiger partial charge in [0.15, 0.2) is 0 Å². The Kier molecular flexibility index (Phi) is 2.77. The number of thiophene rings is 1. The molecule has 13 heavy (non-hydrogen) atoms. The molecule has 1 aromatic rings. The molecule has 1 rings (SSSR count). The van der Waals surface area contributed by atoms with Crippen molar-refractivity contribution in [1.29, 1.82) is 0 Å². The fourth-order valence-electron chi connectivity index (χ4n) is 0.879. The van der Waals surface area contributed by atoms with Crippen LogP contribution in [0.5, 0.6) is 0 Å². The van der Waals surface area contributed by atoms with Crippen LogP contribution in [-0.2, 0) is 14.3 Å². The van der Waals surface area contributed by atoms with Crippen LogP contribution in [0.4, 0.5) is 0 Å². The van der Waals surface area contributed by atoms with Gasteiger partial charge >= 0.3 is 5.97 Å². The van der Waals surface area contributed by atoms with Crippen molar-refractivity contribution in [2.24, 2.45) is 0 Å². The van der Waals surface area contributed by atoms with E-state index < -0.39 is 15.5 Å². The first-order valence-electron chi connectivity index (χ1n) is 3.45. The van der Waals surface area contributed by atoms with Gasteiger partial charge in [-0.3, -0.25) is 4.21 Å². The molecule has 0 aliphatic carbocycles. The van der Waals surface area contributed by atoms with Crippen molar-refractivity contribution >= 4 is 32.7 Å². The molecule has 72 valence electrons. The fourth-order valence-corrected chi connectivity index (χ4v) is 3.17. The first-order valence-corrected chi connectivity index (χ1v) is 6.46. The summed E-state index contributed by atoms with van der Waals surface area (Å²) in [7, 11) is -1.04. The van der Waals surface area contributed by atoms with Gasteiger partial charge < -0.3 is 4.74 Å². The lowest BCUT2D eigenvalue weighted by atomic mass is 10.5. The lowest BCUT2D eigenvalue weighted by Gasteiger charge is -2.02. The van der Waals surface area contributed by atoms with Crippen molar-refractivity contribution in [3.8, 4) is 0 Å². The van der Waals surface area contributed by atoms with Gasteiger partial charge in [0.25, 0.3) is 0 Å². The zero-order valence-corrected chi connectivity index (χ0v) is 9.04. The van der Waals surface area contributed by atoms with E-state index in [2.05, 4.69) is 10.6 Å². The normalized spacial score (nSPS) is 14.9. The molecule has 5 heteroatoms. The van der Waals surface area contributed by atoms with Crippen molar-refractivity contribution < 1.29 is 13.7 Å². The van der Waals surface area contributed by atoms with Crippen LogP contribution >= 0.6 is 11.3 Å². The van der Waals surface area contributed by atoms with Crippen molar-refractivity contribution in [2.45, 2.75) is 4.90 Å². The third-order valence-corrected chi connectivity index (χ3v) is 3.76. The van der Waals surface area contributed by atoms with Gasteiger partial charge in [-0.1, -0.05) is 0 Å². The smallest absolute Gasteiger partial charge is 0.349 e. The van der Waals surface area contributed by atoms with Gasteiger partial charge in [0.05, 0.1) is 12.0 Å². The monoisotopic (exact) mass is 218 g/mol. The highest BCUT2D eigenvalue weighted by molar-refractivity contribution is 7.99. The maximum absolute atomic E-state index is 11.6. The van der Waals surface area contributed by atoms with Crippen LogP contribution in [0.1, 0.15) is 9.67 Å². The molecule has 1 atom stereocenters. The second-order valence-electron chi connectivity index (χ2n) is 2.61. The van der Waals surface area contributed by atoms with E-state index >= 15 is 0 Å². The van der Waals surface area contributed by atoms with Crippen LogP contribution in [0.2, 0.25) is 0 Å². The molecule has 1 heterocycles. The maximum atomic E-state index is 11.6. The van der Waals surface area contributed by atoms with Crippen LogP contribution in [0, 0.1) is 0 Å². The Morgan fingerprint density at radius 2 is 2.31 bits per heavy atom. The minimum absolute atomic E-state index is 0.380. The number of ether oxygens (including phenoxy) is 1. The Bertz CT molecular complexity index is 414. The van der Waals surface area contributed by atoms with Crippen molar-refractivity contribution in [1.82, 2.24) is 0 Å². The van der Waals surface area contributed by atoms with Crippen molar-refractivity contribution in [2.75, 3.05) is 13.4 Å². The molecule has 0 amide bonds. The van der Waals surface area contributed by atoms with Gasteiger partial charge in [0.1, 0.15) is 4.88 Å². The maximum Gasteiger partial charge on any atom is 0.349 e. The van der Waals surface area contributed by atoms with Gasteiger partial charge in [0.2, 0.25) is 0 Å². The molecule has 0 saturated carbocycles. The standard InChI is InChI=1S/C8H10O3S2/c1-11-8(9)7-6(4-5-12-7)13(2,3)10/h4-5H,2H2,1,3H3. The van der Waals surface area contributed by atoms with E-state index in [1.165, 1.54) is 24.7 Å². The summed E-state index contributed by atoms with van der Waals surface area (Å²) in [6.45, 7) is 0. The lowest BCUT2D eigenvalue weighted by Crippen LogP contribution is -2.05. The van der Waals surface area contributed by atoms with Crippen LogP contribution < -0.4 is 0 Å². The Hall–Kier alpha value is -0.810. The Morgan fingerprint density at radius 3 is 2.77 bits per heavy atom. The summed E-state index contributed by atoms with van der Waals surface area (Å²) in [5.74, 6) is 3.06. The number of esters is 1. The van der Waals surface area contributed by atoms with Gasteiger partial charge in [-0.25, -0.2) is 4.79 Å². The third-order valence-electron chi connectivity index (χ3n) is 1.47. The van der Waals surface area contributed by atoms with E-state index in [1.807, 2.05) is 0 Å². The van der Waals surface area contributed by atoms with Crippen LogP contribution in [-0.4, -0.2) is 29.4 Å². The topological polar surface area (TPSA) is 43.4 Å². The minimum Gasteiger partial charge on any atom is -0.465 e. The molecule has 0 saturated heterocycles. The first-order chi connectivity index (χ1) is 5.96. The molecule has 1 aromatic heterocycles. The van der Waals surface area contributed by atoms with E-state index in [1.54, 1.807) is 11.4 Å². The number of methoxy groups -OCH3 is 1. The molecule has 0 radical (unpaired) electrons. The number of rotatable bonds is 2. The van der Waals surface area contributed by atoms with Crippen molar-refractivity contribution in [3.63, 3.8) is 0 Å². The highest BCUT2D eigenvalue weighted by atomic mass is 32.2. The second-order valence-corrected chi connectivity index (χ2v) is 5.98. The molecule has 0 N–H and O–H groups in total. The molecule has 0 aliphatic heterocycles. The molecule has 0 fully saturated rings. The highest BCUT2D eigenvalue weighted by Crippen LogP contribution is 2.22. The molecule has 1 unspecified atom stereocenters. The Morgan fingerprint density at radius 1 is 1.69 bits per heavy atom. The summed E-state index contributed by atoms with van der Waals surface area (Å²) >= 11 is 1.22. The van der Waals surface area contributed by atoms with Gasteiger partial charge in [-0.2, -0.15) is 0 Å². The summed E-state index contributed by atoms with van der Waals surface area (Å²) in [4.78, 5) is 12.0. The van der Waals surface area contributed by atoms with Crippen LogP contribution in [0.25, 0.3) is 0 Å². The summed E-state index contributed by atoms with van der Waals surface area (Å²) in [5, 5.41) is 1.70. The average molecular weight is 218 g/mol. The second kappa shape index (κ2) is 3.51. The molecular formula is C8H10O3S2. The third kappa shape index (κ3) is 2.10. The number of hydrogen-bond acceptors (Lipinski definition) is 4. The van der Waals surface area contributed by atoms with E-state index in [0.717, 1.165) is 0 Å². The van der Waals surface area contributed by atoms with Crippen LogP contribution in [0.15, 0.2) is 16.3 Å². The summed E-state index contributed by atoms with van der Waals surface area (Å²) in [5.41, 5.74) is 0. The largest absolute Gasteiger partial charge is 0.465 e. The average Bonchev–Trinajstić information content (AvgIpc) is 2.49. The molecule has 0 aromatic carbocycles. The lowest BCUT2D eigenvalue weighted by molar-refractivity contribution is 0.0602. The SMILES string of the molecule is C=S(C)(=O)c1ccsc1C(=O)OC. The number of carbonyl (C=O) groups is 1. The van der Waals surface area contributed by atoms with Gasteiger partial charge in [-0.05, 0) is 26.8 Å². The summed E-state index contributed by atoms with van der Waals surface area (Å²) in [6, 6.07) is 1.65. The Labute approximate surface area is 81.4 Å². The quantitative estimate of drug-likeness (QED) is 0.554. The summed E-state index contributed by atoms with van der Waals surface area (Å²) in [6.07, 6.45) is 1.50.